The van der Waals surface area contributed by atoms with E-state index in [1.54, 1.807) is 25.1 Å². The van der Waals surface area contributed by atoms with Gasteiger partial charge >= 0.3 is 6.09 Å². The number of hydrogen-bond donors (Lipinski definition) is 1. The number of carbonyl (C=O) groups is 1. The summed E-state index contributed by atoms with van der Waals surface area (Å²) in [6.45, 7) is 1.64. The summed E-state index contributed by atoms with van der Waals surface area (Å²) < 4.78 is 5.16. The number of aromatic nitrogens is 1. The van der Waals surface area contributed by atoms with Crippen LogP contribution in [0, 0.1) is 6.92 Å². The fourth-order valence-corrected chi connectivity index (χ4v) is 2.79. The molecule has 0 fully saturated rings. The van der Waals surface area contributed by atoms with Crippen LogP contribution in [0.2, 0.25) is 10.0 Å². The van der Waals surface area contributed by atoms with E-state index >= 15 is 0 Å². The molecule has 8 heteroatoms. The largest absolute Gasteiger partial charge is 0.438 e. The van der Waals surface area contributed by atoms with Crippen LogP contribution in [0.15, 0.2) is 58.2 Å². The zero-order valence-electron chi connectivity index (χ0n) is 13.6. The van der Waals surface area contributed by atoms with Crippen LogP contribution in [0.4, 0.5) is 10.5 Å². The standard InChI is InChI=1S/C18H13Cl2N3O3/c1-11-16(17(23-25-11)15-13(19)8-5-9-14(15)20)22-18(24)26-21-10-12-6-3-2-4-7-12/h2-10H,1H3,(H,22,24)/b21-10-. The van der Waals surface area contributed by atoms with Crippen LogP contribution in [0.1, 0.15) is 11.3 Å². The van der Waals surface area contributed by atoms with Gasteiger partial charge in [0.15, 0.2) is 5.76 Å². The third-order valence-corrected chi connectivity index (χ3v) is 4.06. The molecule has 0 aliphatic heterocycles. The van der Waals surface area contributed by atoms with E-state index in [2.05, 4.69) is 15.6 Å². The van der Waals surface area contributed by atoms with Gasteiger partial charge in [-0.25, -0.2) is 4.79 Å². The molecule has 0 radical (unpaired) electrons. The molecule has 132 valence electrons. The van der Waals surface area contributed by atoms with Crippen LogP contribution < -0.4 is 5.32 Å². The van der Waals surface area contributed by atoms with Crippen molar-refractivity contribution >= 4 is 41.2 Å². The number of hydrogen-bond acceptors (Lipinski definition) is 5. The molecule has 0 unspecified atom stereocenters. The van der Waals surface area contributed by atoms with E-state index < -0.39 is 6.09 Å². The van der Waals surface area contributed by atoms with E-state index in [0.29, 0.717) is 32.8 Å². The minimum atomic E-state index is -0.798. The molecule has 0 saturated heterocycles. The van der Waals surface area contributed by atoms with E-state index in [9.17, 15) is 4.79 Å². The molecule has 1 heterocycles. The lowest BCUT2D eigenvalue weighted by Gasteiger charge is -2.07. The van der Waals surface area contributed by atoms with Crippen molar-refractivity contribution < 1.29 is 14.2 Å². The Morgan fingerprint density at radius 2 is 1.85 bits per heavy atom. The molecule has 0 bridgehead atoms. The Morgan fingerprint density at radius 3 is 2.54 bits per heavy atom. The van der Waals surface area contributed by atoms with Crippen molar-refractivity contribution in [2.45, 2.75) is 6.92 Å². The monoisotopic (exact) mass is 389 g/mol. The van der Waals surface area contributed by atoms with Crippen molar-refractivity contribution in [2.75, 3.05) is 5.32 Å². The first-order chi connectivity index (χ1) is 12.6. The molecular weight excluding hydrogens is 377 g/mol. The second-order valence-electron chi connectivity index (χ2n) is 5.21. The lowest BCUT2D eigenvalue weighted by atomic mass is 10.1. The van der Waals surface area contributed by atoms with Crippen molar-refractivity contribution in [3.05, 3.63) is 69.9 Å². The number of anilines is 1. The molecule has 2 aromatic carbocycles. The van der Waals surface area contributed by atoms with Crippen LogP contribution in [0.3, 0.4) is 0 Å². The average Bonchev–Trinajstić information content (AvgIpc) is 2.96. The number of nitrogens with zero attached hydrogens (tertiary/aromatic N) is 2. The quantitative estimate of drug-likeness (QED) is 0.361. The third kappa shape index (κ3) is 4.04. The maximum atomic E-state index is 12.0. The van der Waals surface area contributed by atoms with Gasteiger partial charge in [-0.05, 0) is 24.6 Å². The summed E-state index contributed by atoms with van der Waals surface area (Å²) in [6, 6.07) is 14.3. The smallest absolute Gasteiger partial charge is 0.359 e. The van der Waals surface area contributed by atoms with E-state index in [0.717, 1.165) is 5.56 Å². The summed E-state index contributed by atoms with van der Waals surface area (Å²) in [4.78, 5) is 16.8. The molecule has 26 heavy (non-hydrogen) atoms. The molecule has 0 aliphatic carbocycles. The summed E-state index contributed by atoms with van der Waals surface area (Å²) in [6.07, 6.45) is 0.624. The van der Waals surface area contributed by atoms with Gasteiger partial charge in [-0.2, -0.15) is 0 Å². The van der Waals surface area contributed by atoms with Crippen LogP contribution in [-0.4, -0.2) is 17.5 Å². The molecule has 1 N–H and O–H groups in total. The number of carbonyl (C=O) groups excluding carboxylic acids is 1. The molecule has 0 spiro atoms. The SMILES string of the molecule is Cc1onc(-c2c(Cl)cccc2Cl)c1NC(=O)O/N=C\c1ccccc1. The Hall–Kier alpha value is -2.83. The minimum absolute atomic E-state index is 0.305. The highest BCUT2D eigenvalue weighted by Gasteiger charge is 2.21. The van der Waals surface area contributed by atoms with Gasteiger partial charge in [-0.1, -0.05) is 69.9 Å². The maximum absolute atomic E-state index is 12.0. The topological polar surface area (TPSA) is 76.7 Å². The predicted octanol–water partition coefficient (Wildman–Crippen LogP) is 5.54. The molecule has 0 atom stereocenters. The van der Waals surface area contributed by atoms with Gasteiger partial charge in [-0.15, -0.1) is 0 Å². The number of benzene rings is 2. The lowest BCUT2D eigenvalue weighted by molar-refractivity contribution is 0.167. The number of halogens is 2. The Labute approximate surface area is 159 Å². The fraction of sp³-hybridized carbons (Fsp3) is 0.0556. The summed E-state index contributed by atoms with van der Waals surface area (Å²) >= 11 is 12.4. The second kappa shape index (κ2) is 8.03. The summed E-state index contributed by atoms with van der Waals surface area (Å²) in [7, 11) is 0. The highest BCUT2D eigenvalue weighted by molar-refractivity contribution is 6.39. The van der Waals surface area contributed by atoms with E-state index in [1.165, 1.54) is 6.21 Å². The molecule has 3 aromatic rings. The van der Waals surface area contributed by atoms with Crippen molar-refractivity contribution in [3.8, 4) is 11.3 Å². The molecule has 0 saturated carbocycles. The number of nitrogens with one attached hydrogen (secondary N) is 1. The summed E-state index contributed by atoms with van der Waals surface area (Å²) in [5.74, 6) is 0.375. The summed E-state index contributed by atoms with van der Waals surface area (Å²) in [5, 5.41) is 10.9. The molecule has 6 nitrogen and oxygen atoms in total. The summed E-state index contributed by atoms with van der Waals surface area (Å²) in [5.41, 5.74) is 1.86. The van der Waals surface area contributed by atoms with Crippen molar-refractivity contribution in [3.63, 3.8) is 0 Å². The molecule has 0 aliphatic rings. The van der Waals surface area contributed by atoms with Crippen LogP contribution >= 0.6 is 23.2 Å². The second-order valence-corrected chi connectivity index (χ2v) is 6.02. The number of oxime groups is 1. The normalized spacial score (nSPS) is 10.9. The zero-order valence-corrected chi connectivity index (χ0v) is 15.1. The first kappa shape index (κ1) is 18.0. The van der Waals surface area contributed by atoms with Gasteiger partial charge < -0.3 is 4.52 Å². The Balaban J connectivity index is 1.77. The van der Waals surface area contributed by atoms with Crippen LogP contribution in [0.25, 0.3) is 11.3 Å². The van der Waals surface area contributed by atoms with Gasteiger partial charge in [0.25, 0.3) is 0 Å². The van der Waals surface area contributed by atoms with E-state index in [4.69, 9.17) is 32.6 Å². The number of rotatable bonds is 4. The lowest BCUT2D eigenvalue weighted by Crippen LogP contribution is -2.12. The highest BCUT2D eigenvalue weighted by Crippen LogP contribution is 2.39. The average molecular weight is 390 g/mol. The Bertz CT molecular complexity index is 935. The highest BCUT2D eigenvalue weighted by atomic mass is 35.5. The first-order valence-electron chi connectivity index (χ1n) is 7.53. The van der Waals surface area contributed by atoms with Gasteiger partial charge in [0.1, 0.15) is 11.4 Å². The maximum Gasteiger partial charge on any atom is 0.438 e. The van der Waals surface area contributed by atoms with Gasteiger partial charge in [0.2, 0.25) is 0 Å². The molecule has 3 rings (SSSR count). The van der Waals surface area contributed by atoms with Gasteiger partial charge in [-0.3, -0.25) is 10.2 Å². The van der Waals surface area contributed by atoms with Crippen molar-refractivity contribution in [1.82, 2.24) is 5.16 Å². The number of amides is 1. The van der Waals surface area contributed by atoms with Crippen LogP contribution in [0.5, 0.6) is 0 Å². The van der Waals surface area contributed by atoms with E-state index in [-0.39, 0.29) is 0 Å². The van der Waals surface area contributed by atoms with Crippen molar-refractivity contribution in [2.24, 2.45) is 5.16 Å². The first-order valence-corrected chi connectivity index (χ1v) is 8.29. The van der Waals surface area contributed by atoms with Gasteiger partial charge in [0, 0.05) is 5.56 Å². The molecule has 1 aromatic heterocycles. The zero-order chi connectivity index (χ0) is 18.5. The van der Waals surface area contributed by atoms with Gasteiger partial charge in [0.05, 0.1) is 16.3 Å². The Morgan fingerprint density at radius 1 is 1.15 bits per heavy atom. The molecule has 1 amide bonds. The predicted molar refractivity (Wildman–Crippen MR) is 101 cm³/mol. The fourth-order valence-electron chi connectivity index (χ4n) is 2.21. The number of aryl methyl sites for hydroxylation is 1. The van der Waals surface area contributed by atoms with Crippen molar-refractivity contribution in [1.29, 1.82) is 0 Å². The third-order valence-electron chi connectivity index (χ3n) is 3.43. The Kier molecular flexibility index (Phi) is 5.55. The minimum Gasteiger partial charge on any atom is -0.359 e. The van der Waals surface area contributed by atoms with Crippen LogP contribution in [-0.2, 0) is 4.84 Å². The molecular formula is C18H13Cl2N3O3. The van der Waals surface area contributed by atoms with E-state index in [1.807, 2.05) is 30.3 Å².